The van der Waals surface area contributed by atoms with Crippen molar-refractivity contribution in [1.82, 2.24) is 9.55 Å². The van der Waals surface area contributed by atoms with E-state index in [4.69, 9.17) is 22.1 Å². The van der Waals surface area contributed by atoms with E-state index in [0.717, 1.165) is 0 Å². The Morgan fingerprint density at radius 3 is 2.79 bits per heavy atom. The van der Waals surface area contributed by atoms with Crippen molar-refractivity contribution in [2.24, 2.45) is 12.8 Å². The van der Waals surface area contributed by atoms with Crippen LogP contribution in [0.5, 0.6) is 5.75 Å². The van der Waals surface area contributed by atoms with Crippen molar-refractivity contribution >= 4 is 11.6 Å². The highest BCUT2D eigenvalue weighted by molar-refractivity contribution is 6.29. The molecular weight excluding hydrogens is 269 g/mol. The smallest absolute Gasteiger partial charge is 0.147 e. The topological polar surface area (TPSA) is 53.1 Å². The summed E-state index contributed by atoms with van der Waals surface area (Å²) in [5.41, 5.74) is 6.11. The van der Waals surface area contributed by atoms with Gasteiger partial charge in [0.05, 0.1) is 6.20 Å². The van der Waals surface area contributed by atoms with Gasteiger partial charge in [-0.25, -0.2) is 9.37 Å². The minimum Gasteiger partial charge on any atom is -0.486 e. The standard InChI is InChI=1S/C13H15ClFN3O/c1-8(16)10-4-3-9(5-11(10)15)19-7-13-17-6-12(14)18(13)2/h3-6,8H,7,16H2,1-2H3/t8-/m0/s1. The Kier molecular flexibility index (Phi) is 4.07. The number of halogens is 2. The summed E-state index contributed by atoms with van der Waals surface area (Å²) in [6.07, 6.45) is 1.54. The van der Waals surface area contributed by atoms with Gasteiger partial charge in [0.25, 0.3) is 0 Å². The van der Waals surface area contributed by atoms with Gasteiger partial charge in [-0.05, 0) is 13.0 Å². The lowest BCUT2D eigenvalue weighted by molar-refractivity contribution is 0.290. The van der Waals surface area contributed by atoms with E-state index in [2.05, 4.69) is 4.98 Å². The van der Waals surface area contributed by atoms with Crippen LogP contribution in [0, 0.1) is 5.82 Å². The van der Waals surface area contributed by atoms with Gasteiger partial charge < -0.3 is 15.0 Å². The Balaban J connectivity index is 2.08. The zero-order valence-corrected chi connectivity index (χ0v) is 11.5. The average Bonchev–Trinajstić information content (AvgIpc) is 2.67. The zero-order chi connectivity index (χ0) is 14.0. The lowest BCUT2D eigenvalue weighted by Gasteiger charge is -2.10. The molecule has 0 amide bonds. The SMILES string of the molecule is C[C@H](N)c1ccc(OCc2ncc(Cl)n2C)cc1F. The van der Waals surface area contributed by atoms with Gasteiger partial charge in [0, 0.05) is 24.7 Å². The number of aromatic nitrogens is 2. The number of benzene rings is 1. The summed E-state index contributed by atoms with van der Waals surface area (Å²) >= 11 is 5.86. The third-order valence-corrected chi connectivity index (χ3v) is 3.21. The number of nitrogens with two attached hydrogens (primary N) is 1. The Bertz CT molecular complexity index is 583. The highest BCUT2D eigenvalue weighted by Gasteiger charge is 2.09. The maximum atomic E-state index is 13.7. The molecule has 0 spiro atoms. The first-order valence-electron chi connectivity index (χ1n) is 5.83. The molecule has 4 nitrogen and oxygen atoms in total. The first-order valence-corrected chi connectivity index (χ1v) is 6.20. The van der Waals surface area contributed by atoms with Gasteiger partial charge in [0.15, 0.2) is 0 Å². The fraction of sp³-hybridized carbons (Fsp3) is 0.308. The minimum atomic E-state index is -0.370. The van der Waals surface area contributed by atoms with Crippen LogP contribution in [0.25, 0.3) is 0 Å². The fourth-order valence-corrected chi connectivity index (χ4v) is 1.82. The van der Waals surface area contributed by atoms with Crippen molar-refractivity contribution in [3.63, 3.8) is 0 Å². The lowest BCUT2D eigenvalue weighted by Crippen LogP contribution is -2.08. The summed E-state index contributed by atoms with van der Waals surface area (Å²) < 4.78 is 20.9. The van der Waals surface area contributed by atoms with E-state index < -0.39 is 0 Å². The monoisotopic (exact) mass is 283 g/mol. The van der Waals surface area contributed by atoms with Crippen LogP contribution >= 0.6 is 11.6 Å². The Morgan fingerprint density at radius 2 is 2.26 bits per heavy atom. The molecule has 2 N–H and O–H groups in total. The average molecular weight is 284 g/mol. The van der Waals surface area contributed by atoms with Crippen LogP contribution < -0.4 is 10.5 Å². The number of rotatable bonds is 4. The normalized spacial score (nSPS) is 12.5. The van der Waals surface area contributed by atoms with E-state index in [0.29, 0.717) is 22.3 Å². The molecular formula is C13H15ClFN3O. The third-order valence-electron chi connectivity index (χ3n) is 2.86. The first-order chi connectivity index (χ1) is 8.99. The molecule has 0 saturated carbocycles. The van der Waals surface area contributed by atoms with Gasteiger partial charge in [-0.1, -0.05) is 17.7 Å². The van der Waals surface area contributed by atoms with Gasteiger partial charge in [-0.3, -0.25) is 0 Å². The van der Waals surface area contributed by atoms with Crippen molar-refractivity contribution in [1.29, 1.82) is 0 Å². The van der Waals surface area contributed by atoms with Crippen LogP contribution in [-0.4, -0.2) is 9.55 Å². The van der Waals surface area contributed by atoms with Gasteiger partial charge >= 0.3 is 0 Å². The molecule has 0 aliphatic heterocycles. The van der Waals surface area contributed by atoms with E-state index in [1.165, 1.54) is 6.07 Å². The molecule has 1 aromatic carbocycles. The molecule has 0 saturated heterocycles. The molecule has 0 bridgehead atoms. The fourth-order valence-electron chi connectivity index (χ4n) is 1.67. The van der Waals surface area contributed by atoms with E-state index in [9.17, 15) is 4.39 Å². The number of hydrogen-bond donors (Lipinski definition) is 1. The Hall–Kier alpha value is -1.59. The predicted octanol–water partition coefficient (Wildman–Crippen LogP) is 2.81. The largest absolute Gasteiger partial charge is 0.486 e. The molecule has 0 aliphatic carbocycles. The van der Waals surface area contributed by atoms with E-state index in [1.54, 1.807) is 36.9 Å². The summed E-state index contributed by atoms with van der Waals surface area (Å²) in [4.78, 5) is 4.09. The molecule has 19 heavy (non-hydrogen) atoms. The minimum absolute atomic E-state index is 0.222. The van der Waals surface area contributed by atoms with Gasteiger partial charge in [-0.2, -0.15) is 0 Å². The van der Waals surface area contributed by atoms with Crippen molar-refractivity contribution in [3.05, 3.63) is 46.8 Å². The molecule has 102 valence electrons. The summed E-state index contributed by atoms with van der Waals surface area (Å²) in [5, 5.41) is 0.525. The van der Waals surface area contributed by atoms with E-state index in [-0.39, 0.29) is 18.5 Å². The highest BCUT2D eigenvalue weighted by atomic mass is 35.5. The third kappa shape index (κ3) is 3.05. The number of ether oxygens (including phenoxy) is 1. The second-order valence-electron chi connectivity index (χ2n) is 4.32. The molecule has 0 aliphatic rings. The second-order valence-corrected chi connectivity index (χ2v) is 4.70. The van der Waals surface area contributed by atoms with Crippen LogP contribution in [0.1, 0.15) is 24.4 Å². The molecule has 0 radical (unpaired) electrons. The molecule has 2 aromatic rings. The number of hydrogen-bond acceptors (Lipinski definition) is 3. The first kappa shape index (κ1) is 13.8. The predicted molar refractivity (Wildman–Crippen MR) is 71.6 cm³/mol. The molecule has 1 atom stereocenters. The summed E-state index contributed by atoms with van der Waals surface area (Å²) in [5.74, 6) is 0.730. The maximum absolute atomic E-state index is 13.7. The van der Waals surface area contributed by atoms with Gasteiger partial charge in [-0.15, -0.1) is 0 Å². The summed E-state index contributed by atoms with van der Waals surface area (Å²) in [6.45, 7) is 1.95. The van der Waals surface area contributed by atoms with Gasteiger partial charge in [0.1, 0.15) is 29.2 Å². The quantitative estimate of drug-likeness (QED) is 0.939. The van der Waals surface area contributed by atoms with Crippen molar-refractivity contribution in [2.75, 3.05) is 0 Å². The van der Waals surface area contributed by atoms with Crippen molar-refractivity contribution < 1.29 is 9.13 Å². The second kappa shape index (κ2) is 5.59. The van der Waals surface area contributed by atoms with Crippen LogP contribution in [0.2, 0.25) is 5.15 Å². The van der Waals surface area contributed by atoms with Crippen LogP contribution in [0.3, 0.4) is 0 Å². The summed E-state index contributed by atoms with van der Waals surface area (Å²) in [7, 11) is 1.79. The van der Waals surface area contributed by atoms with E-state index >= 15 is 0 Å². The zero-order valence-electron chi connectivity index (χ0n) is 10.7. The Morgan fingerprint density at radius 1 is 1.53 bits per heavy atom. The highest BCUT2D eigenvalue weighted by Crippen LogP contribution is 2.21. The van der Waals surface area contributed by atoms with Crippen molar-refractivity contribution in [3.8, 4) is 5.75 Å². The van der Waals surface area contributed by atoms with Crippen LogP contribution in [-0.2, 0) is 13.7 Å². The molecule has 1 aromatic heterocycles. The van der Waals surface area contributed by atoms with E-state index in [1.807, 2.05) is 0 Å². The Labute approximate surface area is 116 Å². The molecule has 1 heterocycles. The van der Waals surface area contributed by atoms with Crippen LogP contribution in [0.15, 0.2) is 24.4 Å². The molecule has 2 rings (SSSR count). The van der Waals surface area contributed by atoms with Crippen LogP contribution in [0.4, 0.5) is 4.39 Å². The summed E-state index contributed by atoms with van der Waals surface area (Å²) in [6, 6.07) is 4.29. The van der Waals surface area contributed by atoms with Crippen molar-refractivity contribution in [2.45, 2.75) is 19.6 Å². The van der Waals surface area contributed by atoms with Gasteiger partial charge in [0.2, 0.25) is 0 Å². The number of nitrogens with zero attached hydrogens (tertiary/aromatic N) is 2. The maximum Gasteiger partial charge on any atom is 0.147 e. The molecule has 0 unspecified atom stereocenters. The lowest BCUT2D eigenvalue weighted by atomic mass is 10.1. The number of imidazole rings is 1. The molecule has 0 fully saturated rings. The molecule has 6 heteroatoms.